The SMILES string of the molecule is CCSc1cc(C(F)(F)F)cnc1-n1cc(I)cn1. The smallest absolute Gasteiger partial charge is 0.236 e. The van der Waals surface area contributed by atoms with E-state index in [1.165, 1.54) is 16.4 Å². The van der Waals surface area contributed by atoms with Gasteiger partial charge in [0.25, 0.3) is 0 Å². The van der Waals surface area contributed by atoms with Crippen molar-refractivity contribution in [3.8, 4) is 5.82 Å². The van der Waals surface area contributed by atoms with Crippen molar-refractivity contribution in [3.05, 3.63) is 33.8 Å². The molecule has 102 valence electrons. The minimum Gasteiger partial charge on any atom is -0.236 e. The Bertz CT molecular complexity index is 583. The van der Waals surface area contributed by atoms with Gasteiger partial charge in [0.15, 0.2) is 5.82 Å². The average molecular weight is 399 g/mol. The zero-order valence-electron chi connectivity index (χ0n) is 9.78. The van der Waals surface area contributed by atoms with Crippen LogP contribution in [0.4, 0.5) is 13.2 Å². The second kappa shape index (κ2) is 5.70. The van der Waals surface area contributed by atoms with E-state index in [1.54, 1.807) is 12.4 Å². The van der Waals surface area contributed by atoms with Gasteiger partial charge in [-0.1, -0.05) is 6.92 Å². The molecular weight excluding hydrogens is 390 g/mol. The van der Waals surface area contributed by atoms with Gasteiger partial charge >= 0.3 is 6.18 Å². The van der Waals surface area contributed by atoms with Crippen LogP contribution in [-0.2, 0) is 6.18 Å². The number of hydrogen-bond acceptors (Lipinski definition) is 3. The van der Waals surface area contributed by atoms with E-state index >= 15 is 0 Å². The Morgan fingerprint density at radius 2 is 2.11 bits per heavy atom. The van der Waals surface area contributed by atoms with Crippen molar-refractivity contribution >= 4 is 34.4 Å². The number of thioether (sulfide) groups is 1. The average Bonchev–Trinajstić information content (AvgIpc) is 2.75. The van der Waals surface area contributed by atoms with E-state index in [4.69, 9.17) is 0 Å². The molecule has 0 saturated heterocycles. The van der Waals surface area contributed by atoms with Crippen LogP contribution in [0.2, 0.25) is 0 Å². The fraction of sp³-hybridized carbons (Fsp3) is 0.273. The van der Waals surface area contributed by atoms with Crippen molar-refractivity contribution in [3.63, 3.8) is 0 Å². The van der Waals surface area contributed by atoms with E-state index in [0.29, 0.717) is 16.5 Å². The molecule has 0 unspecified atom stereocenters. The molecule has 8 heteroatoms. The highest BCUT2D eigenvalue weighted by molar-refractivity contribution is 14.1. The maximum absolute atomic E-state index is 12.7. The number of pyridine rings is 1. The van der Waals surface area contributed by atoms with E-state index in [-0.39, 0.29) is 0 Å². The first kappa shape index (κ1) is 14.6. The van der Waals surface area contributed by atoms with Crippen LogP contribution in [0.5, 0.6) is 0 Å². The second-order valence-corrected chi connectivity index (χ2v) is 6.13. The monoisotopic (exact) mass is 399 g/mol. The van der Waals surface area contributed by atoms with E-state index in [0.717, 1.165) is 15.8 Å². The van der Waals surface area contributed by atoms with Gasteiger partial charge in [-0.15, -0.1) is 11.8 Å². The Morgan fingerprint density at radius 3 is 2.63 bits per heavy atom. The van der Waals surface area contributed by atoms with Crippen LogP contribution in [0.3, 0.4) is 0 Å². The third-order valence-corrected chi connectivity index (χ3v) is 3.69. The summed E-state index contributed by atoms with van der Waals surface area (Å²) in [5.74, 6) is 1.08. The van der Waals surface area contributed by atoms with Crippen LogP contribution in [-0.4, -0.2) is 20.5 Å². The second-order valence-electron chi connectivity index (χ2n) is 3.58. The normalized spacial score (nSPS) is 11.8. The molecule has 0 amide bonds. The highest BCUT2D eigenvalue weighted by Crippen LogP contribution is 2.33. The molecule has 2 aromatic rings. The summed E-state index contributed by atoms with van der Waals surface area (Å²) in [7, 11) is 0. The zero-order chi connectivity index (χ0) is 14.0. The van der Waals surface area contributed by atoms with Crippen molar-refractivity contribution in [2.75, 3.05) is 5.75 Å². The third-order valence-electron chi connectivity index (χ3n) is 2.23. The molecule has 0 radical (unpaired) electrons. The minimum absolute atomic E-state index is 0.419. The number of nitrogens with zero attached hydrogens (tertiary/aromatic N) is 3. The van der Waals surface area contributed by atoms with E-state index < -0.39 is 11.7 Å². The molecule has 2 heterocycles. The first-order valence-corrected chi connectivity index (χ1v) is 7.39. The topological polar surface area (TPSA) is 30.7 Å². The van der Waals surface area contributed by atoms with Crippen molar-refractivity contribution in [1.82, 2.24) is 14.8 Å². The van der Waals surface area contributed by atoms with Gasteiger partial charge in [-0.25, -0.2) is 9.67 Å². The Labute approximate surface area is 125 Å². The quantitative estimate of drug-likeness (QED) is 0.578. The van der Waals surface area contributed by atoms with Gasteiger partial charge in [0.05, 0.1) is 20.2 Å². The molecule has 0 atom stereocenters. The summed E-state index contributed by atoms with van der Waals surface area (Å²) < 4.78 is 40.4. The lowest BCUT2D eigenvalue weighted by Gasteiger charge is -2.11. The molecule has 0 bridgehead atoms. The van der Waals surface area contributed by atoms with Crippen molar-refractivity contribution in [2.24, 2.45) is 0 Å². The predicted molar refractivity (Wildman–Crippen MR) is 75.5 cm³/mol. The molecule has 0 saturated carbocycles. The summed E-state index contributed by atoms with van der Waals surface area (Å²) >= 11 is 3.39. The van der Waals surface area contributed by atoms with Crippen LogP contribution >= 0.6 is 34.4 Å². The maximum Gasteiger partial charge on any atom is 0.417 e. The fourth-order valence-corrected chi connectivity index (χ4v) is 2.63. The van der Waals surface area contributed by atoms with Crippen molar-refractivity contribution < 1.29 is 13.2 Å². The van der Waals surface area contributed by atoms with Gasteiger partial charge in [0.1, 0.15) is 0 Å². The van der Waals surface area contributed by atoms with Gasteiger partial charge in [-0.05, 0) is 34.4 Å². The largest absolute Gasteiger partial charge is 0.417 e. The number of hydrogen-bond donors (Lipinski definition) is 0. The first-order valence-electron chi connectivity index (χ1n) is 5.32. The number of alkyl halides is 3. The minimum atomic E-state index is -4.38. The molecule has 19 heavy (non-hydrogen) atoms. The maximum atomic E-state index is 12.7. The van der Waals surface area contributed by atoms with Crippen LogP contribution in [0.25, 0.3) is 5.82 Å². The van der Waals surface area contributed by atoms with Gasteiger partial charge in [-0.2, -0.15) is 18.3 Å². The zero-order valence-corrected chi connectivity index (χ0v) is 12.8. The summed E-state index contributed by atoms with van der Waals surface area (Å²) in [4.78, 5) is 4.37. The Morgan fingerprint density at radius 1 is 1.37 bits per heavy atom. The molecule has 0 N–H and O–H groups in total. The molecule has 0 aliphatic rings. The predicted octanol–water partition coefficient (Wildman–Crippen LogP) is 4.00. The molecule has 0 aromatic carbocycles. The molecule has 2 aromatic heterocycles. The number of rotatable bonds is 3. The highest BCUT2D eigenvalue weighted by atomic mass is 127. The molecule has 0 aliphatic carbocycles. The highest BCUT2D eigenvalue weighted by Gasteiger charge is 2.32. The lowest BCUT2D eigenvalue weighted by molar-refractivity contribution is -0.138. The Balaban J connectivity index is 2.49. The van der Waals surface area contributed by atoms with Crippen LogP contribution in [0.15, 0.2) is 29.6 Å². The summed E-state index contributed by atoms with van der Waals surface area (Å²) in [6, 6.07) is 1.12. The third kappa shape index (κ3) is 3.41. The lowest BCUT2D eigenvalue weighted by atomic mass is 10.3. The summed E-state index contributed by atoms with van der Waals surface area (Å²) in [6.07, 6.45) is -0.201. The van der Waals surface area contributed by atoms with Crippen LogP contribution in [0, 0.1) is 3.57 Å². The van der Waals surface area contributed by atoms with Crippen molar-refractivity contribution in [2.45, 2.75) is 18.0 Å². The van der Waals surface area contributed by atoms with Gasteiger partial charge in [-0.3, -0.25) is 0 Å². The number of aromatic nitrogens is 3. The lowest BCUT2D eigenvalue weighted by Crippen LogP contribution is -2.08. The Kier molecular flexibility index (Phi) is 4.39. The molecule has 0 aliphatic heterocycles. The molecular formula is C11H9F3IN3S. The van der Waals surface area contributed by atoms with Gasteiger partial charge < -0.3 is 0 Å². The van der Waals surface area contributed by atoms with Crippen molar-refractivity contribution in [1.29, 1.82) is 0 Å². The van der Waals surface area contributed by atoms with Crippen LogP contribution in [0.1, 0.15) is 12.5 Å². The van der Waals surface area contributed by atoms with Gasteiger partial charge in [0.2, 0.25) is 0 Å². The summed E-state index contributed by atoms with van der Waals surface area (Å²) in [5, 5.41) is 4.07. The standard InChI is InChI=1S/C11H9F3IN3S/c1-2-19-9-3-7(11(12,13)14)4-16-10(9)18-6-8(15)5-17-18/h3-6H,2H2,1H3. The number of halogens is 4. The van der Waals surface area contributed by atoms with E-state index in [2.05, 4.69) is 32.7 Å². The van der Waals surface area contributed by atoms with E-state index in [9.17, 15) is 13.2 Å². The van der Waals surface area contributed by atoms with Gasteiger partial charge in [0, 0.05) is 12.4 Å². The molecule has 2 rings (SSSR count). The summed E-state index contributed by atoms with van der Waals surface area (Å²) in [6.45, 7) is 1.88. The Hall–Kier alpha value is -0.770. The fourth-order valence-electron chi connectivity index (χ4n) is 1.44. The molecule has 3 nitrogen and oxygen atoms in total. The van der Waals surface area contributed by atoms with E-state index in [1.807, 2.05) is 6.92 Å². The molecule has 0 spiro atoms. The molecule has 0 fully saturated rings. The summed E-state index contributed by atoms with van der Waals surface area (Å²) in [5.41, 5.74) is -0.742. The first-order chi connectivity index (χ1) is 8.91. The van der Waals surface area contributed by atoms with Crippen LogP contribution < -0.4 is 0 Å².